The van der Waals surface area contributed by atoms with Crippen molar-refractivity contribution in [2.24, 2.45) is 0 Å². The molecule has 0 amide bonds. The van der Waals surface area contributed by atoms with E-state index >= 15 is 0 Å². The lowest BCUT2D eigenvalue weighted by molar-refractivity contribution is 0.302. The molecule has 0 aromatic heterocycles. The molecule has 0 radical (unpaired) electrons. The smallest absolute Gasteiger partial charge is 0.142 e. The number of ether oxygens (including phenoxy) is 1. The Morgan fingerprint density at radius 3 is 2.43 bits per heavy atom. The number of hydrogen-bond donors (Lipinski definition) is 0. The highest BCUT2D eigenvalue weighted by Crippen LogP contribution is 2.42. The minimum atomic E-state index is 0.788. The SMILES string of the molecule is C=CC(OC)=C1/C(=C\C)Cc2ccccc2N1c1ccccc1. The first-order valence-corrected chi connectivity index (χ1v) is 7.79. The third kappa shape index (κ3) is 2.68. The Morgan fingerprint density at radius 1 is 1.09 bits per heavy atom. The molecule has 23 heavy (non-hydrogen) atoms. The Balaban J connectivity index is 2.32. The van der Waals surface area contributed by atoms with Crippen molar-refractivity contribution in [3.63, 3.8) is 0 Å². The van der Waals surface area contributed by atoms with Crippen LogP contribution >= 0.6 is 0 Å². The summed E-state index contributed by atoms with van der Waals surface area (Å²) in [7, 11) is 1.70. The van der Waals surface area contributed by atoms with E-state index in [-0.39, 0.29) is 0 Å². The molecule has 2 nitrogen and oxygen atoms in total. The van der Waals surface area contributed by atoms with E-state index in [0.29, 0.717) is 0 Å². The zero-order valence-electron chi connectivity index (χ0n) is 13.6. The number of fused-ring (bicyclic) bond motifs is 1. The molecule has 1 aliphatic heterocycles. The van der Waals surface area contributed by atoms with Gasteiger partial charge in [-0.3, -0.25) is 0 Å². The third-order valence-electron chi connectivity index (χ3n) is 4.14. The lowest BCUT2D eigenvalue weighted by Gasteiger charge is -2.36. The molecular formula is C21H21NO. The van der Waals surface area contributed by atoms with Crippen molar-refractivity contribution in [2.75, 3.05) is 12.0 Å². The molecule has 116 valence electrons. The lowest BCUT2D eigenvalue weighted by atomic mass is 9.92. The second kappa shape index (κ2) is 6.57. The zero-order chi connectivity index (χ0) is 16.2. The van der Waals surface area contributed by atoms with Crippen molar-refractivity contribution in [2.45, 2.75) is 13.3 Å². The Morgan fingerprint density at radius 2 is 1.78 bits per heavy atom. The molecule has 3 rings (SSSR count). The monoisotopic (exact) mass is 303 g/mol. The number of para-hydroxylation sites is 2. The first kappa shape index (κ1) is 15.2. The summed E-state index contributed by atoms with van der Waals surface area (Å²) in [5.41, 5.74) is 5.92. The van der Waals surface area contributed by atoms with Gasteiger partial charge in [-0.25, -0.2) is 0 Å². The van der Waals surface area contributed by atoms with Gasteiger partial charge in [0.1, 0.15) is 5.76 Å². The van der Waals surface area contributed by atoms with E-state index in [0.717, 1.165) is 23.6 Å². The fourth-order valence-electron chi connectivity index (χ4n) is 3.06. The molecule has 2 aromatic carbocycles. The van der Waals surface area contributed by atoms with Crippen LogP contribution in [0.15, 0.2) is 90.4 Å². The third-order valence-corrected chi connectivity index (χ3v) is 4.14. The summed E-state index contributed by atoms with van der Waals surface area (Å²) in [6, 6.07) is 18.9. The summed E-state index contributed by atoms with van der Waals surface area (Å²) < 4.78 is 5.62. The number of rotatable bonds is 3. The van der Waals surface area contributed by atoms with E-state index in [2.05, 4.69) is 73.0 Å². The maximum atomic E-state index is 5.62. The van der Waals surface area contributed by atoms with Crippen LogP contribution in [0.2, 0.25) is 0 Å². The van der Waals surface area contributed by atoms with Crippen LogP contribution < -0.4 is 4.90 Å². The normalized spacial score (nSPS) is 17.7. The van der Waals surface area contributed by atoms with Crippen molar-refractivity contribution >= 4 is 11.4 Å². The number of anilines is 2. The van der Waals surface area contributed by atoms with Gasteiger partial charge in [0, 0.05) is 17.8 Å². The molecule has 0 bridgehead atoms. The molecule has 2 heteroatoms. The van der Waals surface area contributed by atoms with Crippen LogP contribution in [0.3, 0.4) is 0 Å². The lowest BCUT2D eigenvalue weighted by Crippen LogP contribution is -2.26. The van der Waals surface area contributed by atoms with Crippen LogP contribution in [-0.2, 0) is 11.2 Å². The van der Waals surface area contributed by atoms with Crippen LogP contribution in [0, 0.1) is 0 Å². The maximum absolute atomic E-state index is 5.62. The second-order valence-corrected chi connectivity index (χ2v) is 5.41. The largest absolute Gasteiger partial charge is 0.495 e. The van der Waals surface area contributed by atoms with Crippen molar-refractivity contribution in [1.82, 2.24) is 0 Å². The fraction of sp³-hybridized carbons (Fsp3) is 0.143. The Hall–Kier alpha value is -2.74. The average Bonchev–Trinajstić information content (AvgIpc) is 2.62. The van der Waals surface area contributed by atoms with Crippen LogP contribution in [0.5, 0.6) is 0 Å². The van der Waals surface area contributed by atoms with Gasteiger partial charge in [0.05, 0.1) is 12.8 Å². The van der Waals surface area contributed by atoms with E-state index < -0.39 is 0 Å². The van der Waals surface area contributed by atoms with E-state index in [1.54, 1.807) is 13.2 Å². The number of nitrogens with zero attached hydrogens (tertiary/aromatic N) is 1. The number of methoxy groups -OCH3 is 1. The fourth-order valence-corrected chi connectivity index (χ4v) is 3.06. The van der Waals surface area contributed by atoms with Gasteiger partial charge in [-0.05, 0) is 42.3 Å². The van der Waals surface area contributed by atoms with Gasteiger partial charge in [0.2, 0.25) is 0 Å². The molecular weight excluding hydrogens is 282 g/mol. The molecule has 0 aliphatic carbocycles. The minimum absolute atomic E-state index is 0.788. The quantitative estimate of drug-likeness (QED) is 0.707. The van der Waals surface area contributed by atoms with Crippen LogP contribution in [0.25, 0.3) is 0 Å². The Labute approximate surface area is 138 Å². The standard InChI is InChI=1S/C21H21NO/c1-4-16-15-17-11-9-10-14-19(17)22(18-12-7-6-8-13-18)21(16)20(5-2)23-3/h4-14H,2,15H2,1,3H3/b16-4-,21-20?. The highest BCUT2D eigenvalue weighted by Gasteiger charge is 2.28. The van der Waals surface area contributed by atoms with E-state index in [1.165, 1.54) is 16.8 Å². The van der Waals surface area contributed by atoms with Crippen molar-refractivity contribution in [1.29, 1.82) is 0 Å². The molecule has 2 aromatic rings. The van der Waals surface area contributed by atoms with Crippen molar-refractivity contribution < 1.29 is 4.74 Å². The summed E-state index contributed by atoms with van der Waals surface area (Å²) in [6.45, 7) is 6.00. The first-order chi connectivity index (χ1) is 11.3. The van der Waals surface area contributed by atoms with Gasteiger partial charge in [0.15, 0.2) is 0 Å². The predicted molar refractivity (Wildman–Crippen MR) is 96.7 cm³/mol. The predicted octanol–water partition coefficient (Wildman–Crippen LogP) is 5.37. The Kier molecular flexibility index (Phi) is 4.33. The van der Waals surface area contributed by atoms with E-state index in [1.807, 2.05) is 6.07 Å². The molecule has 1 heterocycles. The highest BCUT2D eigenvalue weighted by molar-refractivity contribution is 5.78. The molecule has 0 spiro atoms. The summed E-state index contributed by atoms with van der Waals surface area (Å²) in [6.07, 6.45) is 4.83. The van der Waals surface area contributed by atoms with Gasteiger partial charge in [-0.2, -0.15) is 0 Å². The van der Waals surface area contributed by atoms with Crippen molar-refractivity contribution in [3.8, 4) is 0 Å². The van der Waals surface area contributed by atoms with Gasteiger partial charge in [-0.15, -0.1) is 0 Å². The minimum Gasteiger partial charge on any atom is -0.495 e. The van der Waals surface area contributed by atoms with Gasteiger partial charge >= 0.3 is 0 Å². The van der Waals surface area contributed by atoms with Gasteiger partial charge in [0.25, 0.3) is 0 Å². The molecule has 0 unspecified atom stereocenters. The zero-order valence-corrected chi connectivity index (χ0v) is 13.6. The Bertz CT molecular complexity index is 771. The summed E-state index contributed by atoms with van der Waals surface area (Å²) in [5.74, 6) is 0.788. The van der Waals surface area contributed by atoms with Crippen LogP contribution in [-0.4, -0.2) is 7.11 Å². The van der Waals surface area contributed by atoms with Crippen LogP contribution in [0.1, 0.15) is 12.5 Å². The molecule has 0 fully saturated rings. The van der Waals surface area contributed by atoms with E-state index in [9.17, 15) is 0 Å². The summed E-state index contributed by atoms with van der Waals surface area (Å²) >= 11 is 0. The molecule has 0 saturated heterocycles. The first-order valence-electron chi connectivity index (χ1n) is 7.79. The maximum Gasteiger partial charge on any atom is 0.142 e. The molecule has 0 atom stereocenters. The summed E-state index contributed by atoms with van der Waals surface area (Å²) in [5, 5.41) is 0. The topological polar surface area (TPSA) is 12.5 Å². The molecule has 0 N–H and O–H groups in total. The van der Waals surface area contributed by atoms with Gasteiger partial charge < -0.3 is 9.64 Å². The van der Waals surface area contributed by atoms with Gasteiger partial charge in [-0.1, -0.05) is 49.1 Å². The molecule has 0 saturated carbocycles. The summed E-state index contributed by atoms with van der Waals surface area (Å²) in [4.78, 5) is 2.26. The van der Waals surface area contributed by atoms with Crippen LogP contribution in [0.4, 0.5) is 11.4 Å². The average molecular weight is 303 g/mol. The highest BCUT2D eigenvalue weighted by atomic mass is 16.5. The van der Waals surface area contributed by atoms with E-state index in [4.69, 9.17) is 4.74 Å². The second-order valence-electron chi connectivity index (χ2n) is 5.41. The molecule has 1 aliphatic rings. The number of benzene rings is 2. The number of hydrogen-bond acceptors (Lipinski definition) is 2. The number of allylic oxidation sites excluding steroid dienone is 3. The van der Waals surface area contributed by atoms with Crippen molar-refractivity contribution in [3.05, 3.63) is 95.9 Å².